The molecular weight excluding hydrogens is 251 g/mol. The summed E-state index contributed by atoms with van der Waals surface area (Å²) in [4.78, 5) is 12.0. The maximum absolute atomic E-state index is 13.6. The summed E-state index contributed by atoms with van der Waals surface area (Å²) < 4.78 is 13.6. The van der Waals surface area contributed by atoms with E-state index < -0.39 is 0 Å². The van der Waals surface area contributed by atoms with Crippen molar-refractivity contribution in [1.82, 2.24) is 10.6 Å². The van der Waals surface area contributed by atoms with Gasteiger partial charge in [0.05, 0.1) is 12.1 Å². The number of benzene rings is 1. The summed E-state index contributed by atoms with van der Waals surface area (Å²) in [5, 5.41) is 6.02. The Hall–Kier alpha value is -1.07. The maximum Gasteiger partial charge on any atom is 0.238 e. The molecule has 1 fully saturated rings. The van der Waals surface area contributed by atoms with Crippen molar-refractivity contribution in [2.75, 3.05) is 18.1 Å². The van der Waals surface area contributed by atoms with Crippen LogP contribution >= 0.6 is 11.8 Å². The average Bonchev–Trinajstić information content (AvgIpc) is 2.40. The minimum Gasteiger partial charge on any atom is -0.348 e. The molecule has 3 nitrogen and oxygen atoms in total. The van der Waals surface area contributed by atoms with Crippen molar-refractivity contribution in [3.63, 3.8) is 0 Å². The molecule has 1 amide bonds. The highest BCUT2D eigenvalue weighted by atomic mass is 32.2. The Bertz CT molecular complexity index is 421. The molecule has 0 aliphatic carbocycles. The van der Waals surface area contributed by atoms with Crippen LogP contribution in [-0.2, 0) is 4.79 Å². The minimum atomic E-state index is -0.313. The van der Waals surface area contributed by atoms with Gasteiger partial charge in [-0.1, -0.05) is 18.2 Å². The van der Waals surface area contributed by atoms with Crippen LogP contribution in [0.25, 0.3) is 0 Å². The summed E-state index contributed by atoms with van der Waals surface area (Å²) in [6, 6.07) is 6.05. The molecule has 0 radical (unpaired) electrons. The predicted octanol–water partition coefficient (Wildman–Crippen LogP) is 1.71. The lowest BCUT2D eigenvalue weighted by Gasteiger charge is -2.24. The molecule has 0 bridgehead atoms. The Morgan fingerprint density at radius 2 is 2.33 bits per heavy atom. The molecule has 0 aromatic heterocycles. The molecule has 0 saturated carbocycles. The molecular formula is C13H17FN2OS. The van der Waals surface area contributed by atoms with Gasteiger partial charge >= 0.3 is 0 Å². The van der Waals surface area contributed by atoms with Gasteiger partial charge in [0.15, 0.2) is 0 Å². The molecule has 98 valence electrons. The molecule has 2 N–H and O–H groups in total. The van der Waals surface area contributed by atoms with E-state index >= 15 is 0 Å². The Kier molecular flexibility index (Phi) is 4.60. The van der Waals surface area contributed by atoms with E-state index in [4.69, 9.17) is 0 Å². The summed E-state index contributed by atoms with van der Waals surface area (Å²) >= 11 is 1.76. The normalized spacial score (nSPS) is 21.3. The van der Waals surface area contributed by atoms with Crippen molar-refractivity contribution in [2.24, 2.45) is 0 Å². The van der Waals surface area contributed by atoms with Crippen molar-refractivity contribution < 1.29 is 9.18 Å². The van der Waals surface area contributed by atoms with Crippen molar-refractivity contribution in [2.45, 2.75) is 19.0 Å². The van der Waals surface area contributed by atoms with Gasteiger partial charge in [0, 0.05) is 23.6 Å². The summed E-state index contributed by atoms with van der Waals surface area (Å²) in [5.41, 5.74) is 0.523. The van der Waals surface area contributed by atoms with Gasteiger partial charge in [-0.25, -0.2) is 4.39 Å². The van der Waals surface area contributed by atoms with Crippen LogP contribution in [0.3, 0.4) is 0 Å². The van der Waals surface area contributed by atoms with Crippen LogP contribution in [0.5, 0.6) is 0 Å². The van der Waals surface area contributed by atoms with Gasteiger partial charge in [0.2, 0.25) is 5.91 Å². The zero-order valence-corrected chi connectivity index (χ0v) is 11.1. The summed E-state index contributed by atoms with van der Waals surface area (Å²) in [6.07, 6.45) is 0. The predicted molar refractivity (Wildman–Crippen MR) is 72.1 cm³/mol. The van der Waals surface area contributed by atoms with Crippen LogP contribution in [0, 0.1) is 5.82 Å². The number of nitrogens with one attached hydrogen (secondary N) is 2. The molecule has 18 heavy (non-hydrogen) atoms. The lowest BCUT2D eigenvalue weighted by molar-refractivity contribution is -0.123. The fraction of sp³-hybridized carbons (Fsp3) is 0.462. The van der Waals surface area contributed by atoms with Gasteiger partial charge in [-0.15, -0.1) is 0 Å². The maximum atomic E-state index is 13.6. The second-order valence-corrected chi connectivity index (χ2v) is 5.48. The number of thioether (sulfide) groups is 1. The Labute approximate surface area is 111 Å². The van der Waals surface area contributed by atoms with Gasteiger partial charge in [-0.2, -0.15) is 11.8 Å². The molecule has 5 heteroatoms. The highest BCUT2D eigenvalue weighted by Gasteiger charge is 2.23. The Morgan fingerprint density at radius 3 is 3.00 bits per heavy atom. The second kappa shape index (κ2) is 6.20. The molecule has 0 spiro atoms. The minimum absolute atomic E-state index is 0.0575. The fourth-order valence-corrected chi connectivity index (χ4v) is 2.89. The van der Waals surface area contributed by atoms with Gasteiger partial charge < -0.3 is 10.6 Å². The Morgan fingerprint density at radius 1 is 1.56 bits per heavy atom. The SMILES string of the molecule is C[C@@H](NC(=O)C1CSCCN1)c1ccccc1F. The third-order valence-corrected chi connectivity index (χ3v) is 4.03. The van der Waals surface area contributed by atoms with Gasteiger partial charge in [0.25, 0.3) is 0 Å². The van der Waals surface area contributed by atoms with Crippen LogP contribution in [0.15, 0.2) is 24.3 Å². The first-order valence-electron chi connectivity index (χ1n) is 6.04. The first-order valence-corrected chi connectivity index (χ1v) is 7.20. The van der Waals surface area contributed by atoms with Crippen LogP contribution in [0.2, 0.25) is 0 Å². The monoisotopic (exact) mass is 268 g/mol. The lowest BCUT2D eigenvalue weighted by atomic mass is 10.1. The molecule has 1 saturated heterocycles. The number of carbonyl (C=O) groups excluding carboxylic acids is 1. The lowest BCUT2D eigenvalue weighted by Crippen LogP contribution is -2.49. The summed E-state index contributed by atoms with van der Waals surface area (Å²) in [7, 11) is 0. The number of halogens is 1. The Balaban J connectivity index is 1.96. The zero-order chi connectivity index (χ0) is 13.0. The molecule has 1 aromatic rings. The summed E-state index contributed by atoms with van der Waals surface area (Å²) in [6.45, 7) is 2.64. The van der Waals surface area contributed by atoms with Crippen LogP contribution < -0.4 is 10.6 Å². The number of hydrogen-bond donors (Lipinski definition) is 2. The van der Waals surface area contributed by atoms with Crippen molar-refractivity contribution in [1.29, 1.82) is 0 Å². The van der Waals surface area contributed by atoms with Crippen molar-refractivity contribution >= 4 is 17.7 Å². The van der Waals surface area contributed by atoms with Gasteiger partial charge in [0.1, 0.15) is 5.82 Å². The number of amides is 1. The van der Waals surface area contributed by atoms with E-state index in [1.807, 2.05) is 0 Å². The molecule has 1 heterocycles. The van der Waals surface area contributed by atoms with E-state index in [0.717, 1.165) is 18.1 Å². The van der Waals surface area contributed by atoms with E-state index in [1.54, 1.807) is 36.9 Å². The molecule has 2 rings (SSSR count). The molecule has 1 unspecified atom stereocenters. The van der Waals surface area contributed by atoms with E-state index in [2.05, 4.69) is 10.6 Å². The first kappa shape index (κ1) is 13.4. The standard InChI is InChI=1S/C13H17FN2OS/c1-9(10-4-2-3-5-11(10)14)16-13(17)12-8-18-7-6-15-12/h2-5,9,12,15H,6-8H2,1H3,(H,16,17)/t9-,12?/m1/s1. The van der Waals surface area contributed by atoms with Gasteiger partial charge in [-0.05, 0) is 13.0 Å². The summed E-state index contributed by atoms with van der Waals surface area (Å²) in [5.74, 6) is 1.47. The number of hydrogen-bond acceptors (Lipinski definition) is 3. The first-order chi connectivity index (χ1) is 8.68. The third kappa shape index (κ3) is 3.23. The largest absolute Gasteiger partial charge is 0.348 e. The van der Waals surface area contributed by atoms with Crippen LogP contribution in [0.1, 0.15) is 18.5 Å². The van der Waals surface area contributed by atoms with E-state index in [1.165, 1.54) is 6.07 Å². The highest BCUT2D eigenvalue weighted by molar-refractivity contribution is 7.99. The smallest absolute Gasteiger partial charge is 0.238 e. The highest BCUT2D eigenvalue weighted by Crippen LogP contribution is 2.16. The molecule has 2 atom stereocenters. The fourth-order valence-electron chi connectivity index (χ4n) is 1.95. The molecule has 1 aromatic carbocycles. The molecule has 1 aliphatic rings. The van der Waals surface area contributed by atoms with E-state index in [-0.39, 0.29) is 23.8 Å². The van der Waals surface area contributed by atoms with Crippen LogP contribution in [-0.4, -0.2) is 30.0 Å². The average molecular weight is 268 g/mol. The van der Waals surface area contributed by atoms with E-state index in [9.17, 15) is 9.18 Å². The van der Waals surface area contributed by atoms with Gasteiger partial charge in [-0.3, -0.25) is 4.79 Å². The van der Waals surface area contributed by atoms with Crippen molar-refractivity contribution in [3.05, 3.63) is 35.6 Å². The van der Waals surface area contributed by atoms with E-state index in [0.29, 0.717) is 5.56 Å². The zero-order valence-electron chi connectivity index (χ0n) is 10.3. The van der Waals surface area contributed by atoms with Crippen molar-refractivity contribution in [3.8, 4) is 0 Å². The molecule has 1 aliphatic heterocycles. The van der Waals surface area contributed by atoms with Crippen LogP contribution in [0.4, 0.5) is 4.39 Å². The second-order valence-electron chi connectivity index (χ2n) is 4.33. The quantitative estimate of drug-likeness (QED) is 0.877. The topological polar surface area (TPSA) is 41.1 Å². The number of carbonyl (C=O) groups is 1. The number of rotatable bonds is 3. The third-order valence-electron chi connectivity index (χ3n) is 2.97.